The Morgan fingerprint density at radius 2 is 2.00 bits per heavy atom. The van der Waals surface area contributed by atoms with Gasteiger partial charge in [0, 0.05) is 10.5 Å². The van der Waals surface area contributed by atoms with Crippen LogP contribution in [-0.4, -0.2) is 17.2 Å². The second kappa shape index (κ2) is 3.61. The van der Waals surface area contributed by atoms with Crippen molar-refractivity contribution in [3.63, 3.8) is 0 Å². The van der Waals surface area contributed by atoms with Crippen LogP contribution in [0, 0.1) is 15.5 Å². The summed E-state index contributed by atoms with van der Waals surface area (Å²) in [6.07, 6.45) is 0. The van der Waals surface area contributed by atoms with Gasteiger partial charge < -0.3 is 0 Å². The van der Waals surface area contributed by atoms with Gasteiger partial charge in [-0.2, -0.15) is 0 Å². The molecule has 0 spiro atoms. The lowest BCUT2D eigenvalue weighted by Gasteiger charge is -1.96. The maximum atomic E-state index is 10.0. The Hall–Kier alpha value is -1.71. The summed E-state index contributed by atoms with van der Waals surface area (Å²) in [6.45, 7) is -0.413. The number of hydrogen-bond acceptors (Lipinski definition) is 3. The lowest BCUT2D eigenvalue weighted by Crippen LogP contribution is -2.13. The van der Waals surface area contributed by atoms with Gasteiger partial charge in [-0.1, -0.05) is 30.3 Å². The highest BCUT2D eigenvalue weighted by molar-refractivity contribution is 5.98. The first-order valence-electron chi connectivity index (χ1n) is 3.45. The first-order chi connectivity index (χ1) is 5.70. The Morgan fingerprint density at radius 1 is 1.42 bits per heavy atom. The van der Waals surface area contributed by atoms with Gasteiger partial charge in [-0.3, -0.25) is 15.5 Å². The van der Waals surface area contributed by atoms with Crippen molar-refractivity contribution in [1.82, 2.24) is 0 Å². The quantitative estimate of drug-likeness (QED) is 0.416. The average molecular weight is 164 g/mol. The van der Waals surface area contributed by atoms with Crippen molar-refractivity contribution in [1.29, 1.82) is 5.41 Å². The molecule has 0 aromatic heterocycles. The number of nitrogens with one attached hydrogen (secondary N) is 1. The molecule has 1 N–H and O–H groups in total. The zero-order chi connectivity index (χ0) is 8.97. The fraction of sp³-hybridized carbons (Fsp3) is 0.125. The fourth-order valence-corrected chi connectivity index (χ4v) is 0.860. The van der Waals surface area contributed by atoms with Crippen LogP contribution < -0.4 is 0 Å². The molecule has 0 saturated heterocycles. The first kappa shape index (κ1) is 8.39. The van der Waals surface area contributed by atoms with E-state index in [0.717, 1.165) is 0 Å². The highest BCUT2D eigenvalue weighted by atomic mass is 16.6. The summed E-state index contributed by atoms with van der Waals surface area (Å²) >= 11 is 0. The summed E-state index contributed by atoms with van der Waals surface area (Å²) in [7, 11) is 0. The van der Waals surface area contributed by atoms with E-state index in [-0.39, 0.29) is 5.71 Å². The molecule has 0 amide bonds. The molecule has 1 rings (SSSR count). The Morgan fingerprint density at radius 3 is 2.50 bits per heavy atom. The van der Waals surface area contributed by atoms with E-state index in [0.29, 0.717) is 5.56 Å². The molecular weight excluding hydrogens is 156 g/mol. The van der Waals surface area contributed by atoms with E-state index in [1.54, 1.807) is 24.3 Å². The molecule has 0 aliphatic carbocycles. The molecule has 1 aromatic carbocycles. The third kappa shape index (κ3) is 2.16. The minimum atomic E-state index is -0.505. The standard InChI is InChI=1S/C8H8N2O2/c9-8(6-10(11)12)7-4-2-1-3-5-7/h1-5,9H,6H2. The van der Waals surface area contributed by atoms with Crippen LogP contribution >= 0.6 is 0 Å². The van der Waals surface area contributed by atoms with E-state index >= 15 is 0 Å². The zero-order valence-electron chi connectivity index (χ0n) is 6.36. The summed E-state index contributed by atoms with van der Waals surface area (Å²) in [4.78, 5) is 9.54. The normalized spacial score (nSPS) is 9.33. The number of nitro groups is 1. The molecule has 0 heterocycles. The van der Waals surface area contributed by atoms with Gasteiger partial charge in [0.2, 0.25) is 6.54 Å². The Balaban J connectivity index is 2.73. The SMILES string of the molecule is N=C(C[N+](=O)[O-])c1ccccc1. The molecule has 0 atom stereocenters. The molecule has 0 bridgehead atoms. The largest absolute Gasteiger partial charge is 0.298 e. The minimum Gasteiger partial charge on any atom is -0.298 e. The molecule has 62 valence electrons. The van der Waals surface area contributed by atoms with Crippen molar-refractivity contribution in [2.24, 2.45) is 0 Å². The van der Waals surface area contributed by atoms with E-state index < -0.39 is 11.5 Å². The van der Waals surface area contributed by atoms with Gasteiger partial charge in [0.25, 0.3) is 0 Å². The summed E-state index contributed by atoms with van der Waals surface area (Å²) in [5.74, 6) is 0. The number of hydrogen-bond donors (Lipinski definition) is 1. The van der Waals surface area contributed by atoms with Crippen molar-refractivity contribution < 1.29 is 4.92 Å². The third-order valence-corrected chi connectivity index (χ3v) is 1.41. The van der Waals surface area contributed by atoms with Crippen LogP contribution in [-0.2, 0) is 0 Å². The zero-order valence-corrected chi connectivity index (χ0v) is 6.36. The molecule has 1 aromatic rings. The summed E-state index contributed by atoms with van der Waals surface area (Å²) in [5, 5.41) is 17.4. The Labute approximate surface area is 69.5 Å². The van der Waals surface area contributed by atoms with Crippen molar-refractivity contribution >= 4 is 5.71 Å². The molecule has 0 radical (unpaired) electrons. The van der Waals surface area contributed by atoms with Gasteiger partial charge >= 0.3 is 0 Å². The van der Waals surface area contributed by atoms with Gasteiger partial charge in [0.05, 0.1) is 0 Å². The van der Waals surface area contributed by atoms with Gasteiger partial charge in [0.1, 0.15) is 5.71 Å². The van der Waals surface area contributed by atoms with Crippen LogP contribution in [0.1, 0.15) is 5.56 Å². The number of rotatable bonds is 3. The van der Waals surface area contributed by atoms with Crippen molar-refractivity contribution in [2.75, 3.05) is 6.54 Å². The van der Waals surface area contributed by atoms with Crippen LogP contribution in [0.15, 0.2) is 30.3 Å². The maximum absolute atomic E-state index is 10.0. The van der Waals surface area contributed by atoms with Gasteiger partial charge in [-0.25, -0.2) is 0 Å². The second-order valence-corrected chi connectivity index (χ2v) is 2.34. The summed E-state index contributed by atoms with van der Waals surface area (Å²) in [6, 6.07) is 8.69. The summed E-state index contributed by atoms with van der Waals surface area (Å²) < 4.78 is 0. The molecule has 0 unspecified atom stereocenters. The van der Waals surface area contributed by atoms with Crippen LogP contribution in [0.25, 0.3) is 0 Å². The lowest BCUT2D eigenvalue weighted by molar-refractivity contribution is -0.463. The second-order valence-electron chi connectivity index (χ2n) is 2.34. The third-order valence-electron chi connectivity index (χ3n) is 1.41. The molecular formula is C8H8N2O2. The molecule has 4 nitrogen and oxygen atoms in total. The smallest absolute Gasteiger partial charge is 0.245 e. The van der Waals surface area contributed by atoms with Crippen molar-refractivity contribution in [2.45, 2.75) is 0 Å². The number of nitrogens with zero attached hydrogens (tertiary/aromatic N) is 1. The highest BCUT2D eigenvalue weighted by Gasteiger charge is 2.06. The lowest BCUT2D eigenvalue weighted by atomic mass is 10.1. The van der Waals surface area contributed by atoms with Crippen LogP contribution in [0.2, 0.25) is 0 Å². The van der Waals surface area contributed by atoms with Crippen molar-refractivity contribution in [3.8, 4) is 0 Å². The van der Waals surface area contributed by atoms with Crippen LogP contribution in [0.3, 0.4) is 0 Å². The van der Waals surface area contributed by atoms with E-state index in [9.17, 15) is 10.1 Å². The molecule has 12 heavy (non-hydrogen) atoms. The molecule has 0 saturated carbocycles. The topological polar surface area (TPSA) is 67.0 Å². The average Bonchev–Trinajstić information content (AvgIpc) is 2.05. The van der Waals surface area contributed by atoms with E-state index in [4.69, 9.17) is 5.41 Å². The Kier molecular flexibility index (Phi) is 2.53. The molecule has 0 aliphatic heterocycles. The van der Waals surface area contributed by atoms with Gasteiger partial charge in [0.15, 0.2) is 0 Å². The highest BCUT2D eigenvalue weighted by Crippen LogP contribution is 1.99. The van der Waals surface area contributed by atoms with E-state index in [2.05, 4.69) is 0 Å². The summed E-state index contributed by atoms with van der Waals surface area (Å²) in [5.41, 5.74) is 0.648. The predicted molar refractivity (Wildman–Crippen MR) is 45.1 cm³/mol. The molecule has 4 heteroatoms. The van der Waals surface area contributed by atoms with Gasteiger partial charge in [-0.15, -0.1) is 0 Å². The predicted octanol–water partition coefficient (Wildman–Crippen LogP) is 1.33. The minimum absolute atomic E-state index is 0.0422. The molecule has 0 aliphatic rings. The first-order valence-corrected chi connectivity index (χ1v) is 3.45. The Bertz CT molecular complexity index is 295. The maximum Gasteiger partial charge on any atom is 0.245 e. The van der Waals surface area contributed by atoms with Gasteiger partial charge in [-0.05, 0) is 0 Å². The fourth-order valence-electron chi connectivity index (χ4n) is 0.860. The van der Waals surface area contributed by atoms with E-state index in [1.807, 2.05) is 6.07 Å². The molecule has 0 fully saturated rings. The van der Waals surface area contributed by atoms with E-state index in [1.165, 1.54) is 0 Å². The van der Waals surface area contributed by atoms with Crippen LogP contribution in [0.5, 0.6) is 0 Å². The number of benzene rings is 1. The van der Waals surface area contributed by atoms with Crippen molar-refractivity contribution in [3.05, 3.63) is 46.0 Å². The van der Waals surface area contributed by atoms with Crippen LogP contribution in [0.4, 0.5) is 0 Å². The monoisotopic (exact) mass is 164 g/mol.